The quantitative estimate of drug-likeness (QED) is 0.593. The fraction of sp³-hybridized carbons (Fsp3) is 0.261. The molecule has 7 nitrogen and oxygen atoms in total. The molecule has 2 aliphatic rings. The van der Waals surface area contributed by atoms with E-state index in [2.05, 4.69) is 31.3 Å². The molecule has 1 aromatic heterocycles. The number of ketones is 1. The minimum atomic E-state index is -0.308. The number of halogens is 1. The van der Waals surface area contributed by atoms with Gasteiger partial charge in [-0.2, -0.15) is 10.1 Å². The number of aromatic nitrogens is 3. The Kier molecular flexibility index (Phi) is 5.02. The average Bonchev–Trinajstić information content (AvgIpc) is 3.25. The van der Waals surface area contributed by atoms with E-state index < -0.39 is 0 Å². The second-order valence-electron chi connectivity index (χ2n) is 7.64. The number of ether oxygens (including phenoxy) is 2. The van der Waals surface area contributed by atoms with Crippen molar-refractivity contribution >= 4 is 27.7 Å². The predicted molar refractivity (Wildman–Crippen MR) is 119 cm³/mol. The first-order chi connectivity index (χ1) is 15.1. The van der Waals surface area contributed by atoms with Gasteiger partial charge in [-0.3, -0.25) is 4.79 Å². The van der Waals surface area contributed by atoms with E-state index >= 15 is 0 Å². The molecule has 0 saturated carbocycles. The van der Waals surface area contributed by atoms with E-state index in [-0.39, 0.29) is 17.7 Å². The summed E-state index contributed by atoms with van der Waals surface area (Å²) in [6, 6.07) is 13.4. The van der Waals surface area contributed by atoms with E-state index in [9.17, 15) is 4.79 Å². The van der Waals surface area contributed by atoms with Crippen molar-refractivity contribution in [2.24, 2.45) is 0 Å². The zero-order valence-corrected chi connectivity index (χ0v) is 18.7. The fourth-order valence-corrected chi connectivity index (χ4v) is 4.93. The molecule has 2 heterocycles. The van der Waals surface area contributed by atoms with E-state index in [1.54, 1.807) is 18.9 Å². The van der Waals surface area contributed by atoms with Gasteiger partial charge in [0.1, 0.15) is 23.9 Å². The minimum Gasteiger partial charge on any atom is -0.497 e. The summed E-state index contributed by atoms with van der Waals surface area (Å²) in [6.45, 7) is 0. The highest BCUT2D eigenvalue weighted by molar-refractivity contribution is 9.10. The molecule has 8 heteroatoms. The maximum absolute atomic E-state index is 13.5. The molecule has 1 aliphatic heterocycles. The molecule has 31 heavy (non-hydrogen) atoms. The zero-order chi connectivity index (χ0) is 21.5. The zero-order valence-electron chi connectivity index (χ0n) is 17.1. The van der Waals surface area contributed by atoms with Crippen LogP contribution >= 0.6 is 15.9 Å². The largest absolute Gasteiger partial charge is 0.497 e. The fourth-order valence-electron chi connectivity index (χ4n) is 4.51. The number of Topliss-reactive ketones (excluding diaryl/α,β-unsaturated/α-hetero) is 1. The molecule has 2 aromatic carbocycles. The lowest BCUT2D eigenvalue weighted by atomic mass is 9.77. The number of hydrogen-bond acceptors (Lipinski definition) is 6. The summed E-state index contributed by atoms with van der Waals surface area (Å²) in [5, 5.41) is 7.76. The smallest absolute Gasteiger partial charge is 0.226 e. The number of benzene rings is 2. The lowest BCUT2D eigenvalue weighted by Crippen LogP contribution is -2.33. The van der Waals surface area contributed by atoms with Crippen LogP contribution < -0.4 is 14.8 Å². The number of methoxy groups -OCH3 is 2. The van der Waals surface area contributed by atoms with Crippen LogP contribution in [0.2, 0.25) is 0 Å². The number of hydrogen-bond donors (Lipinski definition) is 1. The molecular weight excluding hydrogens is 460 g/mol. The normalized spacial score (nSPS) is 20.0. The first-order valence-corrected chi connectivity index (χ1v) is 10.8. The summed E-state index contributed by atoms with van der Waals surface area (Å²) in [7, 11) is 3.26. The maximum atomic E-state index is 13.5. The Morgan fingerprint density at radius 3 is 2.77 bits per heavy atom. The lowest BCUT2D eigenvalue weighted by Gasteiger charge is -2.35. The third-order valence-electron chi connectivity index (χ3n) is 5.91. The van der Waals surface area contributed by atoms with Crippen molar-refractivity contribution in [3.63, 3.8) is 0 Å². The summed E-state index contributed by atoms with van der Waals surface area (Å²) < 4.78 is 13.7. The molecule has 0 bridgehead atoms. The maximum Gasteiger partial charge on any atom is 0.226 e. The highest BCUT2D eigenvalue weighted by Crippen LogP contribution is 2.46. The van der Waals surface area contributed by atoms with Crippen molar-refractivity contribution in [1.82, 2.24) is 14.8 Å². The molecule has 2 atom stereocenters. The molecule has 3 aromatic rings. The van der Waals surface area contributed by atoms with Crippen LogP contribution in [0.1, 0.15) is 35.9 Å². The molecule has 0 fully saturated rings. The van der Waals surface area contributed by atoms with Gasteiger partial charge in [0.15, 0.2) is 5.78 Å². The van der Waals surface area contributed by atoms with Crippen LogP contribution in [0.25, 0.3) is 0 Å². The van der Waals surface area contributed by atoms with Gasteiger partial charge in [-0.05, 0) is 35.7 Å². The Bertz CT molecular complexity index is 1200. The highest BCUT2D eigenvalue weighted by Gasteiger charge is 2.39. The number of nitrogens with one attached hydrogen (secondary N) is 1. The van der Waals surface area contributed by atoms with Crippen LogP contribution in [-0.4, -0.2) is 34.8 Å². The van der Waals surface area contributed by atoms with E-state index in [4.69, 9.17) is 9.47 Å². The van der Waals surface area contributed by atoms with Gasteiger partial charge in [0.2, 0.25) is 5.95 Å². The van der Waals surface area contributed by atoms with E-state index in [1.165, 1.54) is 6.33 Å². The molecule has 1 N–H and O–H groups in total. The van der Waals surface area contributed by atoms with E-state index in [0.717, 1.165) is 38.4 Å². The van der Waals surface area contributed by atoms with Gasteiger partial charge in [-0.25, -0.2) is 4.68 Å². The molecule has 158 valence electrons. The minimum absolute atomic E-state index is 0.00256. The van der Waals surface area contributed by atoms with Gasteiger partial charge >= 0.3 is 0 Å². The van der Waals surface area contributed by atoms with Crippen LogP contribution in [-0.2, 0) is 4.79 Å². The van der Waals surface area contributed by atoms with Gasteiger partial charge in [-0.15, -0.1) is 0 Å². The van der Waals surface area contributed by atoms with Crippen molar-refractivity contribution in [1.29, 1.82) is 0 Å². The summed E-state index contributed by atoms with van der Waals surface area (Å²) in [5.74, 6) is 2.18. The summed E-state index contributed by atoms with van der Waals surface area (Å²) >= 11 is 3.54. The van der Waals surface area contributed by atoms with Crippen LogP contribution in [0.4, 0.5) is 5.95 Å². The first-order valence-electron chi connectivity index (χ1n) is 9.99. The lowest BCUT2D eigenvalue weighted by molar-refractivity contribution is -0.116. The second-order valence-corrected chi connectivity index (χ2v) is 8.55. The number of anilines is 1. The van der Waals surface area contributed by atoms with Crippen molar-refractivity contribution < 1.29 is 14.3 Å². The molecule has 5 rings (SSSR count). The third kappa shape index (κ3) is 3.40. The van der Waals surface area contributed by atoms with Crippen LogP contribution in [0.5, 0.6) is 11.5 Å². The number of carbonyl (C=O) groups is 1. The van der Waals surface area contributed by atoms with Crippen molar-refractivity contribution in [3.05, 3.63) is 75.7 Å². The van der Waals surface area contributed by atoms with Gasteiger partial charge in [0.05, 0.1) is 14.2 Å². The predicted octanol–water partition coefficient (Wildman–Crippen LogP) is 4.47. The summed E-state index contributed by atoms with van der Waals surface area (Å²) in [5.41, 5.74) is 3.63. The topological polar surface area (TPSA) is 78.3 Å². The summed E-state index contributed by atoms with van der Waals surface area (Å²) in [4.78, 5) is 17.9. The van der Waals surface area contributed by atoms with Gasteiger partial charge in [-0.1, -0.05) is 34.1 Å². The Hall–Kier alpha value is -3.13. The Morgan fingerprint density at radius 2 is 2.00 bits per heavy atom. The van der Waals surface area contributed by atoms with Crippen molar-refractivity contribution in [2.75, 3.05) is 19.5 Å². The number of rotatable bonds is 4. The summed E-state index contributed by atoms with van der Waals surface area (Å²) in [6.07, 6.45) is 2.60. The molecule has 0 amide bonds. The van der Waals surface area contributed by atoms with Crippen LogP contribution in [0.3, 0.4) is 0 Å². The van der Waals surface area contributed by atoms with Crippen molar-refractivity contribution in [2.45, 2.75) is 24.8 Å². The number of nitrogens with zero attached hydrogens (tertiary/aromatic N) is 3. The van der Waals surface area contributed by atoms with E-state index in [0.29, 0.717) is 18.8 Å². The number of carbonyl (C=O) groups excluding carboxylic acids is 1. The molecule has 0 saturated heterocycles. The highest BCUT2D eigenvalue weighted by atomic mass is 79.9. The standard InChI is InChI=1S/C23H21BrN4O3/c1-30-16-6-7-17(20(11-16)31-2)14-9-18-21(19(29)10-14)22(13-4-3-5-15(24)8-13)28-23(27-18)25-12-26-28/h3-8,11-12,14,22H,9-10H2,1-2H3,(H,25,26,27)/t14-,22+/m1/s1. The average molecular weight is 481 g/mol. The number of fused-ring (bicyclic) bond motifs is 1. The number of allylic oxidation sites excluding steroid dienone is 2. The molecule has 0 unspecified atom stereocenters. The van der Waals surface area contributed by atoms with Gasteiger partial charge in [0.25, 0.3) is 0 Å². The first kappa shape index (κ1) is 19.8. The van der Waals surface area contributed by atoms with Crippen LogP contribution in [0.15, 0.2) is 64.5 Å². The van der Waals surface area contributed by atoms with Gasteiger partial charge < -0.3 is 14.8 Å². The van der Waals surface area contributed by atoms with Gasteiger partial charge in [0, 0.05) is 34.1 Å². The van der Waals surface area contributed by atoms with Crippen LogP contribution in [0, 0.1) is 0 Å². The molecule has 0 radical (unpaired) electrons. The molecule has 1 aliphatic carbocycles. The van der Waals surface area contributed by atoms with Crippen molar-refractivity contribution in [3.8, 4) is 11.5 Å². The Labute approximate surface area is 188 Å². The SMILES string of the molecule is COc1ccc([C@H]2CC(=O)C3=C(C2)Nc2ncnn2[C@H]3c2cccc(Br)c2)c(OC)c1. The third-order valence-corrected chi connectivity index (χ3v) is 6.40. The molecule has 0 spiro atoms. The Balaban J connectivity index is 1.58. The Morgan fingerprint density at radius 1 is 1.13 bits per heavy atom. The monoisotopic (exact) mass is 480 g/mol. The molecular formula is C23H21BrN4O3. The van der Waals surface area contributed by atoms with E-state index in [1.807, 2.05) is 42.5 Å². The second kappa shape index (κ2) is 7.85.